The van der Waals surface area contributed by atoms with E-state index in [-0.39, 0.29) is 17.1 Å². The van der Waals surface area contributed by atoms with Crippen molar-refractivity contribution >= 4 is 34.8 Å². The number of phenols is 1. The van der Waals surface area contributed by atoms with E-state index in [1.807, 2.05) is 17.5 Å². The van der Waals surface area contributed by atoms with Crippen LogP contribution < -0.4 is 0 Å². The summed E-state index contributed by atoms with van der Waals surface area (Å²) in [5, 5.41) is 11.9. The molecule has 1 N–H and O–H groups in total. The van der Waals surface area contributed by atoms with Crippen LogP contribution in [0.15, 0.2) is 41.8 Å². The molecule has 2 nitrogen and oxygen atoms in total. The second kappa shape index (κ2) is 5.17. The Morgan fingerprint density at radius 2 is 2.18 bits per heavy atom. The first-order valence-electron chi connectivity index (χ1n) is 4.91. The number of hydrogen-bond donors (Lipinski definition) is 1. The van der Waals surface area contributed by atoms with Gasteiger partial charge in [-0.25, -0.2) is 0 Å². The molecule has 0 saturated heterocycles. The van der Waals surface area contributed by atoms with Crippen molar-refractivity contribution in [2.45, 2.75) is 0 Å². The molecule has 1 aromatic carbocycles. The third-order valence-corrected chi connectivity index (χ3v) is 3.24. The Bertz CT molecular complexity index is 559. The van der Waals surface area contributed by atoms with Gasteiger partial charge in [-0.1, -0.05) is 17.7 Å². The molecule has 4 heteroatoms. The molecule has 0 radical (unpaired) electrons. The number of benzene rings is 1. The molecule has 17 heavy (non-hydrogen) atoms. The van der Waals surface area contributed by atoms with Crippen molar-refractivity contribution < 1.29 is 9.90 Å². The summed E-state index contributed by atoms with van der Waals surface area (Å²) < 4.78 is 0. The van der Waals surface area contributed by atoms with Gasteiger partial charge >= 0.3 is 0 Å². The Morgan fingerprint density at radius 1 is 1.35 bits per heavy atom. The first-order chi connectivity index (χ1) is 8.16. The van der Waals surface area contributed by atoms with Gasteiger partial charge in [0.05, 0.1) is 5.56 Å². The lowest BCUT2D eigenvalue weighted by Crippen LogP contribution is -1.94. The van der Waals surface area contributed by atoms with E-state index in [0.29, 0.717) is 5.02 Å². The average molecular weight is 265 g/mol. The van der Waals surface area contributed by atoms with E-state index < -0.39 is 0 Å². The van der Waals surface area contributed by atoms with Crippen molar-refractivity contribution in [2.24, 2.45) is 0 Å². The van der Waals surface area contributed by atoms with Gasteiger partial charge in [0.2, 0.25) is 0 Å². The minimum absolute atomic E-state index is 0.0600. The van der Waals surface area contributed by atoms with Crippen LogP contribution in [0.25, 0.3) is 6.08 Å². The van der Waals surface area contributed by atoms with Crippen LogP contribution in [0.4, 0.5) is 0 Å². The maximum atomic E-state index is 11.8. The maximum Gasteiger partial charge on any atom is 0.189 e. The topological polar surface area (TPSA) is 37.3 Å². The van der Waals surface area contributed by atoms with E-state index in [1.165, 1.54) is 35.6 Å². The maximum absolute atomic E-state index is 11.8. The number of aromatic hydroxyl groups is 1. The van der Waals surface area contributed by atoms with Crippen LogP contribution in [0, 0.1) is 0 Å². The zero-order chi connectivity index (χ0) is 12.3. The number of phenolic OH excluding ortho intramolecular Hbond substituents is 1. The number of thiophene rings is 1. The molecular formula is C13H9ClO2S. The summed E-state index contributed by atoms with van der Waals surface area (Å²) >= 11 is 7.32. The molecule has 86 valence electrons. The van der Waals surface area contributed by atoms with Crippen LogP contribution in [0.3, 0.4) is 0 Å². The van der Waals surface area contributed by atoms with E-state index in [1.54, 1.807) is 6.08 Å². The van der Waals surface area contributed by atoms with E-state index in [2.05, 4.69) is 0 Å². The third-order valence-electron chi connectivity index (χ3n) is 2.17. The molecule has 1 aromatic heterocycles. The van der Waals surface area contributed by atoms with Gasteiger partial charge in [0.15, 0.2) is 5.78 Å². The molecule has 0 amide bonds. The molecule has 1 heterocycles. The molecular weight excluding hydrogens is 256 g/mol. The molecule has 0 fully saturated rings. The Hall–Kier alpha value is -1.58. The fourth-order valence-electron chi connectivity index (χ4n) is 1.34. The highest BCUT2D eigenvalue weighted by molar-refractivity contribution is 7.10. The van der Waals surface area contributed by atoms with Crippen molar-refractivity contribution in [1.82, 2.24) is 0 Å². The zero-order valence-corrected chi connectivity index (χ0v) is 10.3. The SMILES string of the molecule is O=C(/C=C/c1cccs1)c1cc(Cl)ccc1O. The normalized spacial score (nSPS) is 10.9. The van der Waals surface area contributed by atoms with Gasteiger partial charge < -0.3 is 5.11 Å². The number of carbonyl (C=O) groups excluding carboxylic acids is 1. The second-order valence-electron chi connectivity index (χ2n) is 3.37. The van der Waals surface area contributed by atoms with Crippen LogP contribution in [0.1, 0.15) is 15.2 Å². The number of rotatable bonds is 3. The molecule has 0 spiro atoms. The van der Waals surface area contributed by atoms with Gasteiger partial charge in [-0.2, -0.15) is 0 Å². The van der Waals surface area contributed by atoms with E-state index in [4.69, 9.17) is 11.6 Å². The van der Waals surface area contributed by atoms with Gasteiger partial charge in [0, 0.05) is 9.90 Å². The second-order valence-corrected chi connectivity index (χ2v) is 4.79. The van der Waals surface area contributed by atoms with Gasteiger partial charge in [-0.15, -0.1) is 11.3 Å². The molecule has 2 rings (SSSR count). The van der Waals surface area contributed by atoms with Crippen LogP contribution >= 0.6 is 22.9 Å². The summed E-state index contributed by atoms with van der Waals surface area (Å²) in [5.74, 6) is -0.325. The number of hydrogen-bond acceptors (Lipinski definition) is 3. The Balaban J connectivity index is 2.23. The van der Waals surface area contributed by atoms with Gasteiger partial charge in [-0.3, -0.25) is 4.79 Å². The van der Waals surface area contributed by atoms with Crippen LogP contribution in [0.5, 0.6) is 5.75 Å². The average Bonchev–Trinajstić information content (AvgIpc) is 2.82. The van der Waals surface area contributed by atoms with E-state index in [0.717, 1.165) is 4.88 Å². The van der Waals surface area contributed by atoms with Crippen molar-refractivity contribution in [1.29, 1.82) is 0 Å². The lowest BCUT2D eigenvalue weighted by atomic mass is 10.1. The Labute approximate surface area is 108 Å². The molecule has 0 atom stereocenters. The van der Waals surface area contributed by atoms with Gasteiger partial charge in [-0.05, 0) is 41.8 Å². The van der Waals surface area contributed by atoms with E-state index in [9.17, 15) is 9.90 Å². The van der Waals surface area contributed by atoms with E-state index >= 15 is 0 Å². The highest BCUT2D eigenvalue weighted by Gasteiger charge is 2.08. The van der Waals surface area contributed by atoms with Crippen molar-refractivity contribution in [2.75, 3.05) is 0 Å². The zero-order valence-electron chi connectivity index (χ0n) is 8.76. The molecule has 0 aliphatic rings. The summed E-state index contributed by atoms with van der Waals surface area (Å²) in [6.07, 6.45) is 3.14. The van der Waals surface area contributed by atoms with Crippen molar-refractivity contribution in [3.05, 3.63) is 57.3 Å². The fraction of sp³-hybridized carbons (Fsp3) is 0. The number of carbonyl (C=O) groups is 1. The summed E-state index contributed by atoms with van der Waals surface area (Å²) in [6, 6.07) is 8.22. The van der Waals surface area contributed by atoms with Crippen LogP contribution in [-0.2, 0) is 0 Å². The molecule has 0 unspecified atom stereocenters. The predicted octanol–water partition coefficient (Wildman–Crippen LogP) is 4.00. The highest BCUT2D eigenvalue weighted by Crippen LogP contribution is 2.22. The molecule has 2 aromatic rings. The summed E-state index contributed by atoms with van der Waals surface area (Å²) in [7, 11) is 0. The number of ketones is 1. The van der Waals surface area contributed by atoms with Gasteiger partial charge in [0.25, 0.3) is 0 Å². The van der Waals surface area contributed by atoms with Crippen molar-refractivity contribution in [3.8, 4) is 5.75 Å². The standard InChI is InChI=1S/C13H9ClO2S/c14-9-3-5-12(15)11(8-9)13(16)6-4-10-2-1-7-17-10/h1-8,15H/b6-4+. The third kappa shape index (κ3) is 2.96. The lowest BCUT2D eigenvalue weighted by Gasteiger charge is -2.00. The minimum atomic E-state index is -0.265. The fourth-order valence-corrected chi connectivity index (χ4v) is 2.13. The monoisotopic (exact) mass is 264 g/mol. The van der Waals surface area contributed by atoms with Gasteiger partial charge in [0.1, 0.15) is 5.75 Å². The molecule has 0 aliphatic heterocycles. The van der Waals surface area contributed by atoms with Crippen molar-refractivity contribution in [3.63, 3.8) is 0 Å². The first-order valence-corrected chi connectivity index (χ1v) is 6.17. The van der Waals surface area contributed by atoms with Crippen LogP contribution in [0.2, 0.25) is 5.02 Å². The minimum Gasteiger partial charge on any atom is -0.507 e. The molecule has 0 aliphatic carbocycles. The summed E-state index contributed by atoms with van der Waals surface area (Å²) in [6.45, 7) is 0. The van der Waals surface area contributed by atoms with Crippen LogP contribution in [-0.4, -0.2) is 10.9 Å². The Kier molecular flexibility index (Phi) is 3.61. The summed E-state index contributed by atoms with van der Waals surface area (Å²) in [5.41, 5.74) is 0.213. The quantitative estimate of drug-likeness (QED) is 0.672. The summed E-state index contributed by atoms with van der Waals surface area (Å²) in [4.78, 5) is 12.8. The highest BCUT2D eigenvalue weighted by atomic mass is 35.5. The molecule has 0 bridgehead atoms. The largest absolute Gasteiger partial charge is 0.507 e. The Morgan fingerprint density at radius 3 is 2.88 bits per heavy atom. The number of allylic oxidation sites excluding steroid dienone is 1. The smallest absolute Gasteiger partial charge is 0.189 e. The number of halogens is 1. The predicted molar refractivity (Wildman–Crippen MR) is 70.8 cm³/mol. The lowest BCUT2D eigenvalue weighted by molar-refractivity contribution is 0.104. The molecule has 0 saturated carbocycles. The first kappa shape index (κ1) is 11.9.